The summed E-state index contributed by atoms with van der Waals surface area (Å²) in [7, 11) is 0. The summed E-state index contributed by atoms with van der Waals surface area (Å²) in [6, 6.07) is 13.4. The minimum atomic E-state index is 0.0353. The van der Waals surface area contributed by atoms with Crippen molar-refractivity contribution in [3.8, 4) is 0 Å². The molecule has 344 valence electrons. The van der Waals surface area contributed by atoms with E-state index >= 15 is 0 Å². The van der Waals surface area contributed by atoms with Crippen molar-refractivity contribution in [2.24, 2.45) is 11.8 Å². The van der Waals surface area contributed by atoms with E-state index in [1.54, 1.807) is 0 Å². The van der Waals surface area contributed by atoms with Gasteiger partial charge in [0.2, 0.25) is 0 Å². The topological polar surface area (TPSA) is 116 Å². The van der Waals surface area contributed by atoms with Crippen LogP contribution >= 0.6 is 0 Å². The first-order chi connectivity index (χ1) is 31.3. The van der Waals surface area contributed by atoms with Crippen molar-refractivity contribution in [1.82, 2.24) is 34.1 Å². The molecule has 5 fully saturated rings. The summed E-state index contributed by atoms with van der Waals surface area (Å²) in [6.45, 7) is 17.6. The van der Waals surface area contributed by atoms with Gasteiger partial charge in [-0.05, 0) is 111 Å². The second-order valence-corrected chi connectivity index (χ2v) is 19.8. The van der Waals surface area contributed by atoms with Gasteiger partial charge >= 0.3 is 6.03 Å². The van der Waals surface area contributed by atoms with Crippen LogP contribution in [0.25, 0.3) is 21.8 Å². The highest BCUT2D eigenvalue weighted by Crippen LogP contribution is 2.36. The summed E-state index contributed by atoms with van der Waals surface area (Å²) in [5, 5.41) is 2.29. The fourth-order valence-electron chi connectivity index (χ4n) is 11.5. The number of fused-ring (bicyclic) bond motifs is 6. The lowest BCUT2D eigenvalue weighted by molar-refractivity contribution is 0.0288. The number of hydrogen-bond donors (Lipinski definition) is 1. The molecule has 13 nitrogen and oxygen atoms in total. The third-order valence-electron chi connectivity index (χ3n) is 15.7. The molecule has 5 saturated heterocycles. The molecule has 7 aliphatic rings. The predicted molar refractivity (Wildman–Crippen MR) is 248 cm³/mol. The van der Waals surface area contributed by atoms with E-state index in [2.05, 4.69) is 46.8 Å². The average molecular weight is 876 g/mol. The molecule has 0 spiro atoms. The lowest BCUT2D eigenvalue weighted by atomic mass is 9.97. The molecule has 11 rings (SSSR count). The van der Waals surface area contributed by atoms with Crippen LogP contribution < -0.4 is 0 Å². The molecule has 13 heteroatoms. The molecule has 7 aliphatic heterocycles. The molecule has 0 radical (unpaired) electrons. The first kappa shape index (κ1) is 43.6. The maximum atomic E-state index is 13.8. The van der Waals surface area contributed by atoms with Gasteiger partial charge in [0.25, 0.3) is 11.8 Å². The van der Waals surface area contributed by atoms with Crippen molar-refractivity contribution in [2.45, 2.75) is 103 Å². The van der Waals surface area contributed by atoms with Crippen LogP contribution in [0, 0.1) is 11.8 Å². The monoisotopic (exact) mass is 876 g/mol. The predicted octanol–water partition coefficient (Wildman–Crippen LogP) is 6.93. The first-order valence-corrected chi connectivity index (χ1v) is 24.7. The molecule has 0 aliphatic carbocycles. The number of carbonyl (C=O) groups excluding carboxylic acids is 3. The number of H-pyrrole nitrogens is 1. The van der Waals surface area contributed by atoms with Crippen LogP contribution in [0.1, 0.15) is 108 Å². The molecule has 3 amide bonds. The number of carbonyl (C=O) groups is 3. The second-order valence-electron chi connectivity index (χ2n) is 19.8. The van der Waals surface area contributed by atoms with Crippen molar-refractivity contribution < 1.29 is 28.6 Å². The van der Waals surface area contributed by atoms with Crippen LogP contribution in [0.4, 0.5) is 4.79 Å². The number of morpholine rings is 1. The van der Waals surface area contributed by atoms with Crippen LogP contribution in [-0.4, -0.2) is 156 Å². The molecule has 0 saturated carbocycles. The Morgan fingerprint density at radius 3 is 1.66 bits per heavy atom. The van der Waals surface area contributed by atoms with Gasteiger partial charge in [0.05, 0.1) is 18.7 Å². The number of aromatic amines is 1. The van der Waals surface area contributed by atoms with E-state index in [1.165, 1.54) is 27.7 Å². The Morgan fingerprint density at radius 2 is 1.06 bits per heavy atom. The summed E-state index contributed by atoms with van der Waals surface area (Å²) >= 11 is 0. The molecule has 4 aromatic rings. The number of likely N-dealkylation sites (tertiary alicyclic amines) is 2. The minimum absolute atomic E-state index is 0.0353. The molecule has 1 N–H and O–H groups in total. The van der Waals surface area contributed by atoms with Crippen LogP contribution in [0.5, 0.6) is 0 Å². The van der Waals surface area contributed by atoms with Gasteiger partial charge in [-0.15, -0.1) is 0 Å². The number of hydrogen-bond acceptors (Lipinski definition) is 8. The van der Waals surface area contributed by atoms with E-state index < -0.39 is 0 Å². The van der Waals surface area contributed by atoms with Crippen LogP contribution in [0.15, 0.2) is 36.4 Å². The summed E-state index contributed by atoms with van der Waals surface area (Å²) < 4.78 is 18.6. The molecular weight excluding hydrogens is 807 g/mol. The Morgan fingerprint density at radius 1 is 0.547 bits per heavy atom. The van der Waals surface area contributed by atoms with E-state index in [0.29, 0.717) is 44.3 Å². The zero-order valence-corrected chi connectivity index (χ0v) is 38.3. The number of nitrogens with zero attached hydrogens (tertiary/aromatic N) is 6. The van der Waals surface area contributed by atoms with Crippen LogP contribution in [-0.2, 0) is 40.1 Å². The third kappa shape index (κ3) is 8.99. The smallest absolute Gasteiger partial charge is 0.329 e. The third-order valence-corrected chi connectivity index (χ3v) is 15.7. The highest BCUT2D eigenvalue weighted by atomic mass is 16.5. The van der Waals surface area contributed by atoms with Crippen molar-refractivity contribution in [2.75, 3.05) is 92.0 Å². The Balaban J connectivity index is 0.000000156. The zero-order chi connectivity index (χ0) is 43.7. The van der Waals surface area contributed by atoms with E-state index in [-0.39, 0.29) is 17.8 Å². The fraction of sp³-hybridized carbons (Fsp3) is 0.627. The van der Waals surface area contributed by atoms with Crippen molar-refractivity contribution >= 4 is 39.7 Å². The van der Waals surface area contributed by atoms with Crippen molar-refractivity contribution in [1.29, 1.82) is 0 Å². The number of amides is 3. The molecule has 2 aromatic heterocycles. The Kier molecular flexibility index (Phi) is 13.1. The van der Waals surface area contributed by atoms with E-state index in [1.807, 2.05) is 37.5 Å². The molecule has 0 unspecified atom stereocenters. The lowest BCUT2D eigenvalue weighted by Crippen LogP contribution is -2.45. The van der Waals surface area contributed by atoms with Gasteiger partial charge in [-0.25, -0.2) is 4.79 Å². The number of rotatable bonds is 4. The van der Waals surface area contributed by atoms with Crippen LogP contribution in [0.3, 0.4) is 0 Å². The SMILES string of the molecule is CC1CCN(C(=O)c2ccc3[nH]c4c(c3c2)CN(C2CCOCC2)CC4)CC1.CC1CCN(C(=O)c2ccc3c(c2)c2c(n3C(=O)N3CCOCC3)CCN(C3CCOCC3)C2)CC1. The number of nitrogens with one attached hydrogen (secondary N) is 1. The standard InChI is InChI=1S/C28H38N4O4.C23H31N3O2/c1-20-4-9-29(10-5-20)27(33)21-2-3-25-23(18-21)24-19-31(22-7-14-35-15-8-22)11-6-26(24)32(25)28(34)30-12-16-36-17-13-30;1-16-4-9-25(10-5-16)23(27)17-2-3-21-19(14-17)20-15-26(11-6-22(20)24-21)18-7-12-28-13-8-18/h2-3,18,20,22H,4-17,19H2,1H3;2-3,14,16,18,24H,4-13,15H2,1H3. The Bertz CT molecular complexity index is 2300. The Hall–Kier alpha value is -4.27. The summed E-state index contributed by atoms with van der Waals surface area (Å²) in [4.78, 5) is 55.0. The molecule has 0 bridgehead atoms. The van der Waals surface area contributed by atoms with Gasteiger partial charge in [-0.2, -0.15) is 0 Å². The van der Waals surface area contributed by atoms with Gasteiger partial charge < -0.3 is 33.9 Å². The summed E-state index contributed by atoms with van der Waals surface area (Å²) in [6.07, 6.45) is 10.6. The average Bonchev–Trinajstić information content (AvgIpc) is 3.89. The van der Waals surface area contributed by atoms with Crippen LogP contribution in [0.2, 0.25) is 0 Å². The normalized spacial score (nSPS) is 22.6. The summed E-state index contributed by atoms with van der Waals surface area (Å²) in [5.41, 5.74) is 8.75. The zero-order valence-electron chi connectivity index (χ0n) is 38.3. The van der Waals surface area contributed by atoms with Gasteiger partial charge in [-0.3, -0.25) is 24.0 Å². The van der Waals surface area contributed by atoms with Crippen molar-refractivity contribution in [3.05, 3.63) is 70.0 Å². The quantitative estimate of drug-likeness (QED) is 0.235. The Labute approximate surface area is 378 Å². The molecule has 2 aromatic carbocycles. The molecule has 64 heavy (non-hydrogen) atoms. The minimum Gasteiger partial charge on any atom is -0.381 e. The number of benzene rings is 2. The second kappa shape index (κ2) is 19.3. The van der Waals surface area contributed by atoms with Crippen molar-refractivity contribution in [3.63, 3.8) is 0 Å². The molecule has 9 heterocycles. The largest absolute Gasteiger partial charge is 0.381 e. The van der Waals surface area contributed by atoms with Gasteiger partial charge in [0, 0.05) is 156 Å². The van der Waals surface area contributed by atoms with E-state index in [0.717, 1.165) is 177 Å². The first-order valence-electron chi connectivity index (χ1n) is 24.7. The lowest BCUT2D eigenvalue weighted by Gasteiger charge is -2.37. The van der Waals surface area contributed by atoms with Gasteiger partial charge in [0.15, 0.2) is 0 Å². The van der Waals surface area contributed by atoms with E-state index in [9.17, 15) is 14.4 Å². The number of aromatic nitrogens is 2. The number of piperidine rings is 2. The molecule has 0 atom stereocenters. The maximum Gasteiger partial charge on any atom is 0.329 e. The van der Waals surface area contributed by atoms with Gasteiger partial charge in [-0.1, -0.05) is 13.8 Å². The maximum absolute atomic E-state index is 13.8. The fourth-order valence-corrected chi connectivity index (χ4v) is 11.5. The van der Waals surface area contributed by atoms with Gasteiger partial charge in [0.1, 0.15) is 0 Å². The summed E-state index contributed by atoms with van der Waals surface area (Å²) in [5.74, 6) is 1.72. The van der Waals surface area contributed by atoms with E-state index in [4.69, 9.17) is 14.2 Å². The highest BCUT2D eigenvalue weighted by Gasteiger charge is 2.34. The molecular formula is C51H69N7O6. The highest BCUT2D eigenvalue weighted by molar-refractivity contribution is 6.02. The number of ether oxygens (including phenoxy) is 3.